The first-order chi connectivity index (χ1) is 10.1. The van der Waals surface area contributed by atoms with Gasteiger partial charge >= 0.3 is 5.97 Å². The molecular weight excluding hydrogens is 306 g/mol. The number of rotatable bonds is 6. The quantitative estimate of drug-likeness (QED) is 0.804. The zero-order chi connectivity index (χ0) is 15.3. The van der Waals surface area contributed by atoms with Crippen LogP contribution in [0, 0.1) is 0 Å². The van der Waals surface area contributed by atoms with E-state index in [1.165, 1.54) is 7.11 Å². The molecule has 0 radical (unpaired) electrons. The fourth-order valence-corrected chi connectivity index (χ4v) is 4.41. The number of hydrogen-bond acceptors (Lipinski definition) is 4. The van der Waals surface area contributed by atoms with E-state index in [-0.39, 0.29) is 5.97 Å². The summed E-state index contributed by atoms with van der Waals surface area (Å²) in [5.74, 6) is -0.134. The Morgan fingerprint density at radius 2 is 2.38 bits per heavy atom. The molecule has 0 aromatic heterocycles. The van der Waals surface area contributed by atoms with Crippen LogP contribution >= 0.6 is 23.4 Å². The van der Waals surface area contributed by atoms with Crippen molar-refractivity contribution in [2.24, 2.45) is 0 Å². The lowest BCUT2D eigenvalue weighted by atomic mass is 9.97. The Balaban J connectivity index is 2.03. The van der Waals surface area contributed by atoms with Crippen molar-refractivity contribution in [1.29, 1.82) is 0 Å². The average Bonchev–Trinajstić information content (AvgIpc) is 2.88. The second-order valence-electron chi connectivity index (χ2n) is 5.44. The largest absolute Gasteiger partial charge is 0.468 e. The van der Waals surface area contributed by atoms with Gasteiger partial charge in [-0.15, -0.1) is 11.8 Å². The van der Waals surface area contributed by atoms with E-state index in [2.05, 4.69) is 18.3 Å². The highest BCUT2D eigenvalue weighted by Crippen LogP contribution is 2.41. The molecule has 116 valence electrons. The van der Waals surface area contributed by atoms with Crippen molar-refractivity contribution >= 4 is 29.3 Å². The fraction of sp³-hybridized carbons (Fsp3) is 0.562. The predicted octanol–water partition coefficient (Wildman–Crippen LogP) is 3.90. The maximum absolute atomic E-state index is 12.2. The molecule has 2 atom stereocenters. The molecule has 3 nitrogen and oxygen atoms in total. The lowest BCUT2D eigenvalue weighted by Gasteiger charge is -2.27. The van der Waals surface area contributed by atoms with Crippen molar-refractivity contribution in [3.05, 3.63) is 29.3 Å². The third-order valence-electron chi connectivity index (χ3n) is 3.86. The minimum atomic E-state index is -0.513. The minimum absolute atomic E-state index is 0.134. The number of nitrogens with one attached hydrogen (secondary N) is 1. The number of thioether (sulfide) groups is 1. The standard InChI is InChI=1S/C16H22ClNO2S/c1-3-9-18-16(15(19)20-2)8-7-14(11-16)21-13-6-4-5-12(17)10-13/h4-6,10,14,18H,3,7-9,11H2,1-2H3. The van der Waals surface area contributed by atoms with Crippen molar-refractivity contribution in [3.8, 4) is 0 Å². The summed E-state index contributed by atoms with van der Waals surface area (Å²) < 4.78 is 5.02. The second-order valence-corrected chi connectivity index (χ2v) is 7.25. The van der Waals surface area contributed by atoms with Gasteiger partial charge in [-0.2, -0.15) is 0 Å². The molecule has 5 heteroatoms. The van der Waals surface area contributed by atoms with E-state index >= 15 is 0 Å². The molecule has 21 heavy (non-hydrogen) atoms. The summed E-state index contributed by atoms with van der Waals surface area (Å²) in [6.45, 7) is 2.94. The van der Waals surface area contributed by atoms with E-state index in [0.717, 1.165) is 42.1 Å². The highest BCUT2D eigenvalue weighted by Gasteiger charge is 2.46. The van der Waals surface area contributed by atoms with Gasteiger partial charge in [-0.1, -0.05) is 24.6 Å². The van der Waals surface area contributed by atoms with Crippen LogP contribution in [-0.4, -0.2) is 30.4 Å². The second kappa shape index (κ2) is 7.52. The van der Waals surface area contributed by atoms with E-state index in [4.69, 9.17) is 16.3 Å². The Labute approximate surface area is 135 Å². The predicted molar refractivity (Wildman–Crippen MR) is 88.0 cm³/mol. The molecule has 1 fully saturated rings. The molecule has 1 aromatic carbocycles. The normalized spacial score (nSPS) is 25.0. The van der Waals surface area contributed by atoms with E-state index in [9.17, 15) is 4.79 Å². The smallest absolute Gasteiger partial charge is 0.326 e. The maximum atomic E-state index is 12.2. The number of methoxy groups -OCH3 is 1. The molecule has 1 aromatic rings. The number of benzene rings is 1. The summed E-state index contributed by atoms with van der Waals surface area (Å²) in [7, 11) is 1.47. The van der Waals surface area contributed by atoms with E-state index in [0.29, 0.717) is 5.25 Å². The van der Waals surface area contributed by atoms with Gasteiger partial charge in [0.15, 0.2) is 0 Å². The molecule has 0 heterocycles. The molecule has 2 rings (SSSR count). The number of ether oxygens (including phenoxy) is 1. The number of esters is 1. The van der Waals surface area contributed by atoms with Crippen LogP contribution in [0.2, 0.25) is 5.02 Å². The Kier molecular flexibility index (Phi) is 5.97. The van der Waals surface area contributed by atoms with Gasteiger partial charge < -0.3 is 10.1 Å². The van der Waals surface area contributed by atoms with Gasteiger partial charge in [-0.25, -0.2) is 0 Å². The number of carbonyl (C=O) groups is 1. The summed E-state index contributed by atoms with van der Waals surface area (Å²) in [6, 6.07) is 7.88. The lowest BCUT2D eigenvalue weighted by molar-refractivity contribution is -0.148. The first-order valence-corrected chi connectivity index (χ1v) is 8.61. The first kappa shape index (κ1) is 16.7. The van der Waals surface area contributed by atoms with Gasteiger partial charge in [-0.05, 0) is 50.4 Å². The van der Waals surface area contributed by atoms with E-state index < -0.39 is 5.54 Å². The van der Waals surface area contributed by atoms with Crippen molar-refractivity contribution < 1.29 is 9.53 Å². The zero-order valence-corrected chi connectivity index (χ0v) is 14.1. The molecular formula is C16H22ClNO2S. The van der Waals surface area contributed by atoms with E-state index in [1.807, 2.05) is 18.2 Å². The summed E-state index contributed by atoms with van der Waals surface area (Å²) in [6.07, 6.45) is 3.64. The molecule has 0 bridgehead atoms. The Morgan fingerprint density at radius 1 is 1.57 bits per heavy atom. The van der Waals surface area contributed by atoms with Crippen LogP contribution < -0.4 is 5.32 Å². The van der Waals surface area contributed by atoms with Crippen molar-refractivity contribution in [2.75, 3.05) is 13.7 Å². The number of carbonyl (C=O) groups excluding carboxylic acids is 1. The highest BCUT2D eigenvalue weighted by molar-refractivity contribution is 8.00. The van der Waals surface area contributed by atoms with Crippen LogP contribution in [0.15, 0.2) is 29.2 Å². The lowest BCUT2D eigenvalue weighted by Crippen LogP contribution is -2.51. The molecule has 1 aliphatic rings. The fourth-order valence-electron chi connectivity index (χ4n) is 2.81. The molecule has 1 N–H and O–H groups in total. The van der Waals surface area contributed by atoms with Crippen LogP contribution in [0.3, 0.4) is 0 Å². The Hall–Kier alpha value is -0.710. The van der Waals surface area contributed by atoms with Gasteiger partial charge in [0.1, 0.15) is 5.54 Å². The van der Waals surface area contributed by atoms with Crippen molar-refractivity contribution in [3.63, 3.8) is 0 Å². The third-order valence-corrected chi connectivity index (χ3v) is 5.35. The van der Waals surface area contributed by atoms with Crippen LogP contribution in [0.5, 0.6) is 0 Å². The SMILES string of the molecule is CCCNC1(C(=O)OC)CCC(Sc2cccc(Cl)c2)C1. The summed E-state index contributed by atoms with van der Waals surface area (Å²) in [4.78, 5) is 13.3. The molecule has 0 amide bonds. The van der Waals surface area contributed by atoms with Crippen molar-refractivity contribution in [1.82, 2.24) is 5.32 Å². The molecule has 0 spiro atoms. The van der Waals surface area contributed by atoms with Gasteiger partial charge in [0, 0.05) is 15.2 Å². The monoisotopic (exact) mass is 327 g/mol. The van der Waals surface area contributed by atoms with Gasteiger partial charge in [0.25, 0.3) is 0 Å². The highest BCUT2D eigenvalue weighted by atomic mass is 35.5. The topological polar surface area (TPSA) is 38.3 Å². The maximum Gasteiger partial charge on any atom is 0.326 e. The molecule has 0 aliphatic heterocycles. The summed E-state index contributed by atoms with van der Waals surface area (Å²) >= 11 is 7.82. The summed E-state index contributed by atoms with van der Waals surface area (Å²) in [5.41, 5.74) is -0.513. The molecule has 1 saturated carbocycles. The van der Waals surface area contributed by atoms with Gasteiger partial charge in [0.2, 0.25) is 0 Å². The van der Waals surface area contributed by atoms with Crippen molar-refractivity contribution in [2.45, 2.75) is 48.3 Å². The molecule has 2 unspecified atom stereocenters. The van der Waals surface area contributed by atoms with Gasteiger partial charge in [-0.3, -0.25) is 4.79 Å². The number of halogens is 1. The average molecular weight is 328 g/mol. The van der Waals surface area contributed by atoms with Crippen LogP contribution in [0.1, 0.15) is 32.6 Å². The van der Waals surface area contributed by atoms with Crippen LogP contribution in [0.4, 0.5) is 0 Å². The minimum Gasteiger partial charge on any atom is -0.468 e. The molecule has 1 aliphatic carbocycles. The first-order valence-electron chi connectivity index (χ1n) is 7.35. The Bertz CT molecular complexity index is 497. The van der Waals surface area contributed by atoms with E-state index in [1.54, 1.807) is 11.8 Å². The Morgan fingerprint density at radius 3 is 3.05 bits per heavy atom. The number of hydrogen-bond donors (Lipinski definition) is 1. The van der Waals surface area contributed by atoms with Crippen LogP contribution in [-0.2, 0) is 9.53 Å². The third kappa shape index (κ3) is 4.15. The van der Waals surface area contributed by atoms with Crippen LogP contribution in [0.25, 0.3) is 0 Å². The van der Waals surface area contributed by atoms with Gasteiger partial charge in [0.05, 0.1) is 7.11 Å². The zero-order valence-electron chi connectivity index (χ0n) is 12.5. The molecule has 0 saturated heterocycles. The summed E-state index contributed by atoms with van der Waals surface area (Å²) in [5, 5.41) is 4.57.